The molecule has 2 N–H and O–H groups in total. The normalized spacial score (nSPS) is 13.1. The lowest BCUT2D eigenvalue weighted by Crippen LogP contribution is -2.35. The van der Waals surface area contributed by atoms with Crippen LogP contribution in [0.5, 0.6) is 5.75 Å². The second-order valence-electron chi connectivity index (χ2n) is 7.10. The third kappa shape index (κ3) is 5.59. The van der Waals surface area contributed by atoms with Crippen molar-refractivity contribution >= 4 is 23.5 Å². The van der Waals surface area contributed by atoms with E-state index in [1.54, 1.807) is 24.3 Å². The van der Waals surface area contributed by atoms with E-state index in [-0.39, 0.29) is 6.54 Å². The van der Waals surface area contributed by atoms with Gasteiger partial charge in [0.15, 0.2) is 6.10 Å². The van der Waals surface area contributed by atoms with Crippen LogP contribution in [0.2, 0.25) is 0 Å². The third-order valence-electron chi connectivity index (χ3n) is 4.86. The average Bonchev–Trinajstić information content (AvgIpc) is 3.20. The Morgan fingerprint density at radius 1 is 1.03 bits per heavy atom. The highest BCUT2D eigenvalue weighted by Crippen LogP contribution is 2.25. The van der Waals surface area contributed by atoms with Gasteiger partial charge in [-0.3, -0.25) is 14.4 Å². The van der Waals surface area contributed by atoms with Crippen LogP contribution in [0.3, 0.4) is 0 Å². The number of aryl methyl sites for hydroxylation is 2. The molecule has 1 atom stereocenters. The lowest BCUT2D eigenvalue weighted by Gasteiger charge is -2.14. The molecule has 0 spiro atoms. The zero-order chi connectivity index (χ0) is 21.5. The van der Waals surface area contributed by atoms with Gasteiger partial charge in [0.25, 0.3) is 11.8 Å². The summed E-state index contributed by atoms with van der Waals surface area (Å²) in [5.74, 6) is -0.855. The molecule has 0 saturated heterocycles. The molecule has 2 aromatic rings. The molecule has 1 aliphatic rings. The summed E-state index contributed by atoms with van der Waals surface area (Å²) in [6, 6.07) is 12.4. The molecule has 7 nitrogen and oxygen atoms in total. The number of fused-ring (bicyclic) bond motifs is 1. The predicted octanol–water partition coefficient (Wildman–Crippen LogP) is 2.87. The van der Waals surface area contributed by atoms with Crippen molar-refractivity contribution in [1.82, 2.24) is 5.32 Å². The van der Waals surface area contributed by atoms with Crippen LogP contribution < -0.4 is 15.4 Å². The van der Waals surface area contributed by atoms with Crippen molar-refractivity contribution in [1.29, 1.82) is 0 Å². The van der Waals surface area contributed by atoms with E-state index in [1.165, 1.54) is 18.1 Å². The van der Waals surface area contributed by atoms with Crippen LogP contribution >= 0.6 is 0 Å². The minimum Gasteiger partial charge on any atom is -0.494 e. The van der Waals surface area contributed by atoms with Gasteiger partial charge in [-0.2, -0.15) is 0 Å². The Labute approximate surface area is 175 Å². The number of carbonyl (C=O) groups excluding carboxylic acids is 3. The maximum absolute atomic E-state index is 12.3. The highest BCUT2D eigenvalue weighted by atomic mass is 16.5. The molecule has 158 valence electrons. The molecule has 1 aliphatic carbocycles. The first-order valence-corrected chi connectivity index (χ1v) is 10.1. The van der Waals surface area contributed by atoms with Gasteiger partial charge in [-0.1, -0.05) is 6.07 Å². The number of benzene rings is 2. The van der Waals surface area contributed by atoms with Crippen molar-refractivity contribution in [3.63, 3.8) is 0 Å². The third-order valence-corrected chi connectivity index (χ3v) is 4.86. The predicted molar refractivity (Wildman–Crippen MR) is 113 cm³/mol. The summed E-state index contributed by atoms with van der Waals surface area (Å²) in [7, 11) is 0. The van der Waals surface area contributed by atoms with E-state index < -0.39 is 23.9 Å². The van der Waals surface area contributed by atoms with Crippen molar-refractivity contribution < 1.29 is 23.9 Å². The van der Waals surface area contributed by atoms with Crippen LogP contribution in [0.1, 0.15) is 41.8 Å². The van der Waals surface area contributed by atoms with Gasteiger partial charge in [0.05, 0.1) is 6.61 Å². The van der Waals surface area contributed by atoms with Gasteiger partial charge >= 0.3 is 5.97 Å². The number of esters is 1. The van der Waals surface area contributed by atoms with Gasteiger partial charge in [0, 0.05) is 11.3 Å². The fourth-order valence-corrected chi connectivity index (χ4v) is 3.31. The second-order valence-corrected chi connectivity index (χ2v) is 7.10. The van der Waals surface area contributed by atoms with Gasteiger partial charge < -0.3 is 20.1 Å². The van der Waals surface area contributed by atoms with E-state index in [1.807, 2.05) is 25.1 Å². The number of amides is 2. The summed E-state index contributed by atoms with van der Waals surface area (Å²) in [5.41, 5.74) is 3.64. The maximum Gasteiger partial charge on any atom is 0.326 e. The Bertz CT molecular complexity index is 924. The van der Waals surface area contributed by atoms with Crippen LogP contribution in [-0.4, -0.2) is 37.0 Å². The molecule has 0 heterocycles. The zero-order valence-electron chi connectivity index (χ0n) is 17.2. The number of hydrogen-bond donors (Lipinski definition) is 2. The van der Waals surface area contributed by atoms with E-state index in [0.717, 1.165) is 19.3 Å². The Morgan fingerprint density at radius 3 is 2.50 bits per heavy atom. The van der Waals surface area contributed by atoms with E-state index >= 15 is 0 Å². The lowest BCUT2D eigenvalue weighted by atomic mass is 10.1. The van der Waals surface area contributed by atoms with Gasteiger partial charge in [0.1, 0.15) is 12.3 Å². The van der Waals surface area contributed by atoms with Gasteiger partial charge in [-0.05, 0) is 80.6 Å². The molecule has 2 amide bonds. The first kappa shape index (κ1) is 21.4. The number of nitrogens with one attached hydrogen (secondary N) is 2. The molecular weight excluding hydrogens is 384 g/mol. The quantitative estimate of drug-likeness (QED) is 0.653. The smallest absolute Gasteiger partial charge is 0.326 e. The SMILES string of the molecule is CCOc1ccc(C(=O)NCC(=O)O[C@H](C)C(=O)Nc2ccc3c(c2)CCC3)cc1. The highest BCUT2D eigenvalue weighted by molar-refractivity contribution is 5.97. The Hall–Kier alpha value is -3.35. The largest absolute Gasteiger partial charge is 0.494 e. The van der Waals surface area contributed by atoms with Crippen molar-refractivity contribution in [2.45, 2.75) is 39.2 Å². The van der Waals surface area contributed by atoms with Crippen molar-refractivity contribution in [2.24, 2.45) is 0 Å². The molecular formula is C23H26N2O5. The van der Waals surface area contributed by atoms with Gasteiger partial charge in [0.2, 0.25) is 0 Å². The first-order chi connectivity index (χ1) is 14.5. The van der Waals surface area contributed by atoms with Gasteiger partial charge in [-0.25, -0.2) is 0 Å². The number of hydrogen-bond acceptors (Lipinski definition) is 5. The number of ether oxygens (including phenoxy) is 2. The van der Waals surface area contributed by atoms with Crippen LogP contribution in [0, 0.1) is 0 Å². The van der Waals surface area contributed by atoms with Crippen molar-refractivity contribution in [2.75, 3.05) is 18.5 Å². The molecule has 0 fully saturated rings. The molecule has 3 rings (SSSR count). The topological polar surface area (TPSA) is 93.7 Å². The lowest BCUT2D eigenvalue weighted by molar-refractivity contribution is -0.152. The molecule has 0 aliphatic heterocycles. The molecule has 7 heteroatoms. The summed E-state index contributed by atoms with van der Waals surface area (Å²) >= 11 is 0. The average molecular weight is 410 g/mol. The number of anilines is 1. The second kappa shape index (κ2) is 9.91. The molecule has 0 unspecified atom stereocenters. The molecule has 30 heavy (non-hydrogen) atoms. The number of rotatable bonds is 8. The summed E-state index contributed by atoms with van der Waals surface area (Å²) in [6.45, 7) is 3.58. The minimum absolute atomic E-state index is 0.331. The first-order valence-electron chi connectivity index (χ1n) is 10.1. The van der Waals surface area contributed by atoms with Crippen LogP contribution in [0.15, 0.2) is 42.5 Å². The zero-order valence-corrected chi connectivity index (χ0v) is 17.2. The molecule has 0 bridgehead atoms. The summed E-state index contributed by atoms with van der Waals surface area (Å²) in [6.07, 6.45) is 2.23. The fourth-order valence-electron chi connectivity index (χ4n) is 3.31. The Balaban J connectivity index is 1.44. The summed E-state index contributed by atoms with van der Waals surface area (Å²) in [5, 5.41) is 5.25. The van der Waals surface area contributed by atoms with Crippen molar-refractivity contribution in [3.05, 3.63) is 59.2 Å². The highest BCUT2D eigenvalue weighted by Gasteiger charge is 2.19. The standard InChI is InChI=1S/C23H26N2O5/c1-3-29-20-11-8-17(9-12-20)23(28)24-14-21(26)30-15(2)22(27)25-19-10-7-16-5-4-6-18(16)13-19/h7-13,15H,3-6,14H2,1-2H3,(H,24,28)(H,25,27)/t15-/m1/s1. The summed E-state index contributed by atoms with van der Waals surface area (Å²) < 4.78 is 10.5. The van der Waals surface area contributed by atoms with Crippen molar-refractivity contribution in [3.8, 4) is 5.75 Å². The molecule has 0 radical (unpaired) electrons. The Morgan fingerprint density at radius 2 is 1.77 bits per heavy atom. The fraction of sp³-hybridized carbons (Fsp3) is 0.348. The maximum atomic E-state index is 12.3. The minimum atomic E-state index is -0.979. The van der Waals surface area contributed by atoms with Crippen LogP contribution in [0.25, 0.3) is 0 Å². The van der Waals surface area contributed by atoms with Gasteiger partial charge in [-0.15, -0.1) is 0 Å². The molecule has 0 aromatic heterocycles. The van der Waals surface area contributed by atoms with Crippen LogP contribution in [0.4, 0.5) is 5.69 Å². The monoisotopic (exact) mass is 410 g/mol. The molecule has 0 saturated carbocycles. The van der Waals surface area contributed by atoms with E-state index in [9.17, 15) is 14.4 Å². The Kier molecular flexibility index (Phi) is 7.06. The summed E-state index contributed by atoms with van der Waals surface area (Å²) in [4.78, 5) is 36.4. The van der Waals surface area contributed by atoms with Crippen LogP contribution in [-0.2, 0) is 27.2 Å². The van der Waals surface area contributed by atoms with E-state index in [0.29, 0.717) is 23.6 Å². The molecule has 2 aromatic carbocycles. The number of carbonyl (C=O) groups is 3. The van der Waals surface area contributed by atoms with E-state index in [2.05, 4.69) is 10.6 Å². The van der Waals surface area contributed by atoms with E-state index in [4.69, 9.17) is 9.47 Å².